The lowest BCUT2D eigenvalue weighted by atomic mass is 10.3. The third-order valence-corrected chi connectivity index (χ3v) is 0.732. The molecule has 1 amide bonds. The molecule has 0 aromatic heterocycles. The Hall–Kier alpha value is -0.830. The van der Waals surface area contributed by atoms with Crippen molar-refractivity contribution in [3.05, 3.63) is 12.2 Å². The van der Waals surface area contributed by atoms with Crippen LogP contribution in [0.1, 0.15) is 0 Å². The first-order valence-corrected chi connectivity index (χ1v) is 1.90. The average Bonchev–Trinajstić information content (AvgIpc) is 1.91. The average molecular weight is 99.1 g/mol. The Balaban J connectivity index is 2.65. The van der Waals surface area contributed by atoms with Crippen molar-refractivity contribution in [3.8, 4) is 0 Å². The highest BCUT2D eigenvalue weighted by atomic mass is 16.7. The van der Waals surface area contributed by atoms with Crippen molar-refractivity contribution in [2.75, 3.05) is 6.61 Å². The molecule has 1 aliphatic rings. The normalized spacial score (nSPS) is 20.0. The minimum Gasteiger partial charge on any atom is -0.268 e. The third-order valence-electron chi connectivity index (χ3n) is 0.732. The van der Waals surface area contributed by atoms with Crippen LogP contribution >= 0.6 is 0 Å². The van der Waals surface area contributed by atoms with E-state index in [9.17, 15) is 4.79 Å². The topological polar surface area (TPSA) is 38.3 Å². The van der Waals surface area contributed by atoms with Crippen molar-refractivity contribution < 1.29 is 9.63 Å². The summed E-state index contributed by atoms with van der Waals surface area (Å²) in [4.78, 5) is 14.7. The molecule has 1 aliphatic heterocycles. The number of amides is 1. The first-order valence-electron chi connectivity index (χ1n) is 1.90. The molecule has 3 heteroatoms. The molecule has 1 rings (SSSR count). The molecule has 0 bridgehead atoms. The quantitative estimate of drug-likeness (QED) is 0.420. The molecule has 1 N–H and O–H groups in total. The van der Waals surface area contributed by atoms with E-state index in [1.807, 2.05) is 0 Å². The monoisotopic (exact) mass is 99.0 g/mol. The molecule has 0 saturated carbocycles. The number of hydrogen-bond acceptors (Lipinski definition) is 2. The maximum Gasteiger partial charge on any atom is 0.272 e. The third kappa shape index (κ3) is 0.618. The molecule has 7 heavy (non-hydrogen) atoms. The van der Waals surface area contributed by atoms with Crippen LogP contribution in [0.15, 0.2) is 12.2 Å². The molecular formula is C4H5NO2. The summed E-state index contributed by atoms with van der Waals surface area (Å²) < 4.78 is 0. The molecule has 0 aromatic carbocycles. The minimum atomic E-state index is -0.208. The molecule has 3 nitrogen and oxygen atoms in total. The molecule has 0 aromatic rings. The van der Waals surface area contributed by atoms with Crippen LogP contribution in [0.5, 0.6) is 0 Å². The van der Waals surface area contributed by atoms with Gasteiger partial charge in [0.15, 0.2) is 0 Å². The summed E-state index contributed by atoms with van der Waals surface area (Å²) in [6.07, 6.45) is 0. The smallest absolute Gasteiger partial charge is 0.268 e. The highest BCUT2D eigenvalue weighted by Gasteiger charge is 2.13. The summed E-state index contributed by atoms with van der Waals surface area (Å²) in [7, 11) is 0. The zero-order valence-electron chi connectivity index (χ0n) is 3.73. The van der Waals surface area contributed by atoms with Crippen LogP contribution in [-0.4, -0.2) is 12.5 Å². The summed E-state index contributed by atoms with van der Waals surface area (Å²) >= 11 is 0. The number of hydroxylamine groups is 1. The van der Waals surface area contributed by atoms with Gasteiger partial charge in [-0.1, -0.05) is 6.58 Å². The maximum absolute atomic E-state index is 10.2. The maximum atomic E-state index is 10.2. The van der Waals surface area contributed by atoms with Gasteiger partial charge in [-0.25, -0.2) is 5.48 Å². The van der Waals surface area contributed by atoms with Crippen LogP contribution in [0.25, 0.3) is 0 Å². The number of carbonyl (C=O) groups excluding carboxylic acids is 1. The van der Waals surface area contributed by atoms with E-state index in [0.29, 0.717) is 12.2 Å². The summed E-state index contributed by atoms with van der Waals surface area (Å²) in [5.74, 6) is -0.208. The SMILES string of the molecule is C=C1CONC1=O. The van der Waals surface area contributed by atoms with Crippen molar-refractivity contribution in [2.24, 2.45) is 0 Å². The Labute approximate surface area is 40.9 Å². The zero-order chi connectivity index (χ0) is 5.28. The first kappa shape index (κ1) is 4.33. The first-order chi connectivity index (χ1) is 3.30. The van der Waals surface area contributed by atoms with E-state index in [1.165, 1.54) is 0 Å². The number of rotatable bonds is 0. The highest BCUT2D eigenvalue weighted by Crippen LogP contribution is 1.96. The Morgan fingerprint density at radius 1 is 1.86 bits per heavy atom. The molecule has 1 heterocycles. The lowest BCUT2D eigenvalue weighted by Gasteiger charge is -1.80. The van der Waals surface area contributed by atoms with Crippen molar-refractivity contribution in [2.45, 2.75) is 0 Å². The predicted molar refractivity (Wildman–Crippen MR) is 23.2 cm³/mol. The van der Waals surface area contributed by atoms with Crippen LogP contribution in [0, 0.1) is 0 Å². The second kappa shape index (κ2) is 1.35. The van der Waals surface area contributed by atoms with Crippen LogP contribution in [0.3, 0.4) is 0 Å². The van der Waals surface area contributed by atoms with E-state index in [0.717, 1.165) is 0 Å². The Bertz CT molecular complexity index is 105. The zero-order valence-corrected chi connectivity index (χ0v) is 3.73. The Kier molecular flexibility index (Phi) is 0.834. The largest absolute Gasteiger partial charge is 0.272 e. The number of nitrogens with one attached hydrogen (secondary N) is 1. The van der Waals surface area contributed by atoms with Gasteiger partial charge in [0.25, 0.3) is 5.91 Å². The molecule has 38 valence electrons. The fourth-order valence-electron chi connectivity index (χ4n) is 0.326. The molecule has 0 spiro atoms. The second-order valence-corrected chi connectivity index (χ2v) is 1.32. The van der Waals surface area contributed by atoms with E-state index >= 15 is 0 Å². The van der Waals surface area contributed by atoms with E-state index in [-0.39, 0.29) is 5.91 Å². The predicted octanol–water partition coefficient (Wildman–Crippen LogP) is -0.396. The summed E-state index contributed by atoms with van der Waals surface area (Å²) in [6.45, 7) is 3.72. The van der Waals surface area contributed by atoms with Gasteiger partial charge in [0, 0.05) is 5.57 Å². The van der Waals surface area contributed by atoms with E-state index in [2.05, 4.69) is 16.9 Å². The molecule has 1 fully saturated rings. The fraction of sp³-hybridized carbons (Fsp3) is 0.250. The molecular weight excluding hydrogens is 94.0 g/mol. The lowest BCUT2D eigenvalue weighted by Crippen LogP contribution is -2.11. The van der Waals surface area contributed by atoms with Crippen LogP contribution in [0.2, 0.25) is 0 Å². The Morgan fingerprint density at radius 2 is 2.57 bits per heavy atom. The van der Waals surface area contributed by atoms with Crippen LogP contribution < -0.4 is 5.48 Å². The van der Waals surface area contributed by atoms with Gasteiger partial charge in [-0.15, -0.1) is 0 Å². The van der Waals surface area contributed by atoms with Gasteiger partial charge in [0.1, 0.15) is 6.61 Å². The lowest BCUT2D eigenvalue weighted by molar-refractivity contribution is -0.122. The van der Waals surface area contributed by atoms with E-state index in [4.69, 9.17) is 0 Å². The van der Waals surface area contributed by atoms with Gasteiger partial charge in [-0.2, -0.15) is 0 Å². The van der Waals surface area contributed by atoms with Crippen molar-refractivity contribution in [3.63, 3.8) is 0 Å². The van der Waals surface area contributed by atoms with E-state index in [1.54, 1.807) is 0 Å². The summed E-state index contributed by atoms with van der Waals surface area (Å²) in [5.41, 5.74) is 2.62. The van der Waals surface area contributed by atoms with Crippen LogP contribution in [-0.2, 0) is 9.63 Å². The van der Waals surface area contributed by atoms with Gasteiger partial charge in [-0.3, -0.25) is 9.63 Å². The van der Waals surface area contributed by atoms with Gasteiger partial charge < -0.3 is 0 Å². The van der Waals surface area contributed by atoms with Crippen LogP contribution in [0.4, 0.5) is 0 Å². The molecule has 0 aliphatic carbocycles. The van der Waals surface area contributed by atoms with Gasteiger partial charge in [0.2, 0.25) is 0 Å². The van der Waals surface area contributed by atoms with E-state index < -0.39 is 0 Å². The minimum absolute atomic E-state index is 0.208. The van der Waals surface area contributed by atoms with Crippen molar-refractivity contribution in [1.29, 1.82) is 0 Å². The molecule has 1 saturated heterocycles. The fourth-order valence-corrected chi connectivity index (χ4v) is 0.326. The number of hydrogen-bond donors (Lipinski definition) is 1. The summed E-state index contributed by atoms with van der Waals surface area (Å²) in [6, 6.07) is 0. The molecule has 0 atom stereocenters. The Morgan fingerprint density at radius 3 is 2.71 bits per heavy atom. The second-order valence-electron chi connectivity index (χ2n) is 1.32. The highest BCUT2D eigenvalue weighted by molar-refractivity contribution is 5.93. The van der Waals surface area contributed by atoms with Crippen molar-refractivity contribution in [1.82, 2.24) is 5.48 Å². The summed E-state index contributed by atoms with van der Waals surface area (Å²) in [5, 5.41) is 0. The van der Waals surface area contributed by atoms with Gasteiger partial charge >= 0.3 is 0 Å². The standard InChI is InChI=1S/C4H5NO2/c1-3-2-7-5-4(3)6/h1-2H2,(H,5,6). The van der Waals surface area contributed by atoms with Gasteiger partial charge in [0.05, 0.1) is 0 Å². The number of carbonyl (C=O) groups is 1. The molecule has 0 radical (unpaired) electrons. The van der Waals surface area contributed by atoms with Gasteiger partial charge in [-0.05, 0) is 0 Å². The molecule has 0 unspecified atom stereocenters. The van der Waals surface area contributed by atoms with Crippen molar-refractivity contribution >= 4 is 5.91 Å².